The summed E-state index contributed by atoms with van der Waals surface area (Å²) in [5.41, 5.74) is 2.76. The fourth-order valence-electron chi connectivity index (χ4n) is 5.55. The minimum absolute atomic E-state index is 0.0419. The molecule has 1 saturated heterocycles. The SMILES string of the molecule is CCC(=O)N1CCCCC1c1cc2nc3c(c(=O)n2[nH]1)CN(C(=O)C1CCCC1)CC3. The van der Waals surface area contributed by atoms with E-state index in [2.05, 4.69) is 5.10 Å². The molecular formula is C23H31N5O3. The van der Waals surface area contributed by atoms with Crippen LogP contribution in [0.5, 0.6) is 0 Å². The van der Waals surface area contributed by atoms with Crippen molar-refractivity contribution in [1.82, 2.24) is 24.4 Å². The quantitative estimate of drug-likeness (QED) is 0.818. The first-order valence-electron chi connectivity index (χ1n) is 11.8. The van der Waals surface area contributed by atoms with Crippen LogP contribution in [0, 0.1) is 5.92 Å². The normalized spacial score (nSPS) is 22.2. The van der Waals surface area contributed by atoms with Crippen LogP contribution in [0.4, 0.5) is 0 Å². The first-order valence-corrected chi connectivity index (χ1v) is 11.8. The Morgan fingerprint density at radius 1 is 1.13 bits per heavy atom. The molecule has 8 nitrogen and oxygen atoms in total. The second kappa shape index (κ2) is 8.13. The summed E-state index contributed by atoms with van der Waals surface area (Å²) in [4.78, 5) is 47.2. The summed E-state index contributed by atoms with van der Waals surface area (Å²) < 4.78 is 1.50. The van der Waals surface area contributed by atoms with Crippen LogP contribution in [-0.4, -0.2) is 49.3 Å². The van der Waals surface area contributed by atoms with Crippen LogP contribution in [0.1, 0.15) is 81.3 Å². The zero-order chi connectivity index (χ0) is 21.5. The van der Waals surface area contributed by atoms with Crippen LogP contribution in [0.3, 0.4) is 0 Å². The molecule has 4 heterocycles. The fraction of sp³-hybridized carbons (Fsp3) is 0.652. The monoisotopic (exact) mass is 425 g/mol. The minimum Gasteiger partial charge on any atom is -0.337 e. The number of fused-ring (bicyclic) bond motifs is 2. The molecule has 2 amide bonds. The maximum Gasteiger partial charge on any atom is 0.277 e. The van der Waals surface area contributed by atoms with E-state index in [0.717, 1.165) is 62.9 Å². The Labute approximate surface area is 181 Å². The minimum atomic E-state index is -0.126. The predicted octanol–water partition coefficient (Wildman–Crippen LogP) is 2.56. The second-order valence-electron chi connectivity index (χ2n) is 9.19. The Morgan fingerprint density at radius 3 is 2.68 bits per heavy atom. The van der Waals surface area contributed by atoms with Gasteiger partial charge in [-0.3, -0.25) is 19.5 Å². The lowest BCUT2D eigenvalue weighted by molar-refractivity contribution is -0.136. The van der Waals surface area contributed by atoms with Crippen LogP contribution in [-0.2, 0) is 22.6 Å². The van der Waals surface area contributed by atoms with E-state index >= 15 is 0 Å². The summed E-state index contributed by atoms with van der Waals surface area (Å²) in [6.07, 6.45) is 8.23. The van der Waals surface area contributed by atoms with Crippen LogP contribution in [0.25, 0.3) is 5.65 Å². The third kappa shape index (κ3) is 3.55. The standard InChI is InChI=1S/C23H31N5O3/c1-2-21(29)27-11-6-5-9-19(27)18-13-20-24-17-10-12-26(22(30)15-7-3-4-8-15)14-16(17)23(31)28(20)25-18/h13,15,19,25H,2-12,14H2,1H3. The van der Waals surface area contributed by atoms with Crippen molar-refractivity contribution in [2.24, 2.45) is 5.92 Å². The highest BCUT2D eigenvalue weighted by Crippen LogP contribution is 2.31. The lowest BCUT2D eigenvalue weighted by atomic mass is 9.99. The number of aromatic nitrogens is 3. The number of aromatic amines is 1. The molecule has 1 unspecified atom stereocenters. The topological polar surface area (TPSA) is 90.8 Å². The van der Waals surface area contributed by atoms with Crippen LogP contribution < -0.4 is 5.56 Å². The Balaban J connectivity index is 1.46. The Hall–Kier alpha value is -2.64. The lowest BCUT2D eigenvalue weighted by Crippen LogP contribution is -2.42. The van der Waals surface area contributed by atoms with Crippen molar-refractivity contribution in [3.05, 3.63) is 33.4 Å². The molecule has 2 aromatic rings. The second-order valence-corrected chi connectivity index (χ2v) is 9.19. The molecule has 1 atom stereocenters. The van der Waals surface area contributed by atoms with E-state index in [-0.39, 0.29) is 29.3 Å². The van der Waals surface area contributed by atoms with E-state index in [1.807, 2.05) is 22.8 Å². The van der Waals surface area contributed by atoms with Gasteiger partial charge in [0, 0.05) is 37.9 Å². The van der Waals surface area contributed by atoms with Crippen LogP contribution in [0.15, 0.2) is 10.9 Å². The number of piperidine rings is 1. The molecule has 1 saturated carbocycles. The summed E-state index contributed by atoms with van der Waals surface area (Å²) in [7, 11) is 0. The molecule has 5 rings (SSSR count). The third-order valence-corrected chi connectivity index (χ3v) is 7.28. The van der Waals surface area contributed by atoms with Crippen LogP contribution in [0.2, 0.25) is 0 Å². The van der Waals surface area contributed by atoms with Gasteiger partial charge in [-0.05, 0) is 32.1 Å². The maximum absolute atomic E-state index is 13.3. The zero-order valence-corrected chi connectivity index (χ0v) is 18.2. The smallest absolute Gasteiger partial charge is 0.277 e. The molecule has 8 heteroatoms. The maximum atomic E-state index is 13.3. The lowest BCUT2D eigenvalue weighted by Gasteiger charge is -2.35. The summed E-state index contributed by atoms with van der Waals surface area (Å²) in [5.74, 6) is 0.450. The number of rotatable bonds is 3. The fourth-order valence-corrected chi connectivity index (χ4v) is 5.55. The number of carbonyl (C=O) groups excluding carboxylic acids is 2. The molecule has 166 valence electrons. The van der Waals surface area contributed by atoms with E-state index < -0.39 is 0 Å². The molecule has 0 radical (unpaired) electrons. The third-order valence-electron chi connectivity index (χ3n) is 7.28. The van der Waals surface area contributed by atoms with Gasteiger partial charge in [-0.1, -0.05) is 19.8 Å². The van der Waals surface area contributed by atoms with Gasteiger partial charge in [0.15, 0.2) is 5.65 Å². The molecule has 1 N–H and O–H groups in total. The highest BCUT2D eigenvalue weighted by molar-refractivity contribution is 5.79. The number of nitrogens with zero attached hydrogens (tertiary/aromatic N) is 4. The number of likely N-dealkylation sites (tertiary alicyclic amines) is 1. The Bertz CT molecular complexity index is 1070. The average Bonchev–Trinajstić information content (AvgIpc) is 3.48. The van der Waals surface area contributed by atoms with Gasteiger partial charge >= 0.3 is 0 Å². The van der Waals surface area contributed by atoms with Gasteiger partial charge in [0.05, 0.1) is 29.5 Å². The largest absolute Gasteiger partial charge is 0.337 e. The molecule has 2 fully saturated rings. The molecule has 2 aromatic heterocycles. The molecular weight excluding hydrogens is 394 g/mol. The van der Waals surface area contributed by atoms with Crippen molar-refractivity contribution in [3.63, 3.8) is 0 Å². The molecule has 1 aliphatic carbocycles. The summed E-state index contributed by atoms with van der Waals surface area (Å²) in [6.45, 7) is 3.61. The van der Waals surface area contributed by atoms with Gasteiger partial charge < -0.3 is 9.80 Å². The number of H-pyrrole nitrogens is 1. The Kier molecular flexibility index (Phi) is 5.32. The van der Waals surface area contributed by atoms with Crippen molar-refractivity contribution >= 4 is 17.5 Å². The van der Waals surface area contributed by atoms with E-state index in [4.69, 9.17) is 4.98 Å². The van der Waals surface area contributed by atoms with Crippen molar-refractivity contribution in [3.8, 4) is 0 Å². The highest BCUT2D eigenvalue weighted by Gasteiger charge is 2.32. The molecule has 0 bridgehead atoms. The number of hydrogen-bond donors (Lipinski definition) is 1. The van der Waals surface area contributed by atoms with Gasteiger partial charge in [0.2, 0.25) is 11.8 Å². The van der Waals surface area contributed by atoms with Gasteiger partial charge in [0.25, 0.3) is 5.56 Å². The van der Waals surface area contributed by atoms with Crippen molar-refractivity contribution in [2.45, 2.75) is 77.3 Å². The van der Waals surface area contributed by atoms with Crippen molar-refractivity contribution < 1.29 is 9.59 Å². The zero-order valence-electron chi connectivity index (χ0n) is 18.2. The predicted molar refractivity (Wildman–Crippen MR) is 115 cm³/mol. The Morgan fingerprint density at radius 2 is 1.90 bits per heavy atom. The van der Waals surface area contributed by atoms with Crippen molar-refractivity contribution in [2.75, 3.05) is 13.1 Å². The molecule has 2 aliphatic heterocycles. The molecule has 0 spiro atoms. The van der Waals surface area contributed by atoms with Gasteiger partial charge in [-0.2, -0.15) is 0 Å². The van der Waals surface area contributed by atoms with Gasteiger partial charge in [-0.25, -0.2) is 9.50 Å². The first-order chi connectivity index (χ1) is 15.1. The molecule has 0 aromatic carbocycles. The van der Waals surface area contributed by atoms with E-state index in [9.17, 15) is 14.4 Å². The first kappa shape index (κ1) is 20.3. The van der Waals surface area contributed by atoms with E-state index in [1.165, 1.54) is 4.52 Å². The average molecular weight is 426 g/mol. The highest BCUT2D eigenvalue weighted by atomic mass is 16.2. The molecule has 3 aliphatic rings. The number of nitrogens with one attached hydrogen (secondary N) is 1. The van der Waals surface area contributed by atoms with Gasteiger partial charge in [0.1, 0.15) is 0 Å². The van der Waals surface area contributed by atoms with Crippen LogP contribution >= 0.6 is 0 Å². The number of carbonyl (C=O) groups is 2. The summed E-state index contributed by atoms with van der Waals surface area (Å²) in [6, 6.07) is 1.88. The van der Waals surface area contributed by atoms with E-state index in [0.29, 0.717) is 37.1 Å². The van der Waals surface area contributed by atoms with E-state index in [1.54, 1.807) is 0 Å². The summed E-state index contributed by atoms with van der Waals surface area (Å²) >= 11 is 0. The summed E-state index contributed by atoms with van der Waals surface area (Å²) in [5, 5.41) is 3.24. The van der Waals surface area contributed by atoms with Gasteiger partial charge in [-0.15, -0.1) is 0 Å². The van der Waals surface area contributed by atoms with Crippen molar-refractivity contribution in [1.29, 1.82) is 0 Å². The molecule has 31 heavy (non-hydrogen) atoms. The number of amides is 2. The number of hydrogen-bond acceptors (Lipinski definition) is 4.